The second kappa shape index (κ2) is 3.54. The van der Waals surface area contributed by atoms with Gasteiger partial charge in [-0.05, 0) is 6.92 Å². The maximum Gasteiger partial charge on any atom is 0.205 e. The molecule has 1 heterocycles. The van der Waals surface area contributed by atoms with Crippen LogP contribution in [-0.2, 0) is 0 Å². The summed E-state index contributed by atoms with van der Waals surface area (Å²) in [5.74, 6) is 0.0648. The van der Waals surface area contributed by atoms with Gasteiger partial charge in [-0.2, -0.15) is 0 Å². The van der Waals surface area contributed by atoms with Crippen molar-refractivity contribution in [2.75, 3.05) is 0 Å². The predicted octanol–water partition coefficient (Wildman–Crippen LogP) is 1.17. The number of nitrogens with one attached hydrogen (secondary N) is 2. The third-order valence-electron chi connectivity index (χ3n) is 2.21. The van der Waals surface area contributed by atoms with Gasteiger partial charge in [0.05, 0.1) is 0 Å². The van der Waals surface area contributed by atoms with Gasteiger partial charge in [0.1, 0.15) is 0 Å². The van der Waals surface area contributed by atoms with Crippen LogP contribution in [0.3, 0.4) is 0 Å². The minimum atomic E-state index is -0.308. The molecule has 1 aliphatic heterocycles. The summed E-state index contributed by atoms with van der Waals surface area (Å²) in [6.45, 7) is 2.00. The fraction of sp³-hybridized carbons (Fsp3) is 0.182. The monoisotopic (exact) mass is 188 g/mol. The van der Waals surface area contributed by atoms with Crippen LogP contribution in [0.4, 0.5) is 0 Å². The summed E-state index contributed by atoms with van der Waals surface area (Å²) in [6.07, 6.45) is 3.16. The quantitative estimate of drug-likeness (QED) is 0.684. The van der Waals surface area contributed by atoms with E-state index in [9.17, 15) is 4.79 Å². The second-order valence-electron chi connectivity index (χ2n) is 3.33. The van der Waals surface area contributed by atoms with Gasteiger partial charge in [-0.1, -0.05) is 29.8 Å². The van der Waals surface area contributed by atoms with Crippen molar-refractivity contribution < 1.29 is 4.79 Å². The molecule has 3 nitrogen and oxygen atoms in total. The second-order valence-corrected chi connectivity index (χ2v) is 3.33. The molecule has 1 aromatic carbocycles. The first-order valence-corrected chi connectivity index (χ1v) is 4.55. The van der Waals surface area contributed by atoms with Crippen molar-refractivity contribution in [1.82, 2.24) is 10.6 Å². The lowest BCUT2D eigenvalue weighted by Crippen LogP contribution is -2.39. The highest BCUT2D eigenvalue weighted by Gasteiger charge is 2.19. The van der Waals surface area contributed by atoms with Gasteiger partial charge in [-0.3, -0.25) is 4.79 Å². The van der Waals surface area contributed by atoms with Gasteiger partial charge >= 0.3 is 0 Å². The third-order valence-corrected chi connectivity index (χ3v) is 2.21. The minimum absolute atomic E-state index is 0.0648. The molecule has 2 N–H and O–H groups in total. The van der Waals surface area contributed by atoms with E-state index in [2.05, 4.69) is 10.6 Å². The molecule has 2 rings (SSSR count). The van der Waals surface area contributed by atoms with Gasteiger partial charge in [-0.15, -0.1) is 0 Å². The van der Waals surface area contributed by atoms with Crippen LogP contribution in [0.15, 0.2) is 36.7 Å². The first-order chi connectivity index (χ1) is 6.77. The van der Waals surface area contributed by atoms with Gasteiger partial charge in [0, 0.05) is 18.0 Å². The van der Waals surface area contributed by atoms with E-state index in [-0.39, 0.29) is 11.9 Å². The average Bonchev–Trinajstić information content (AvgIpc) is 2.71. The highest BCUT2D eigenvalue weighted by Crippen LogP contribution is 2.06. The van der Waals surface area contributed by atoms with Gasteiger partial charge in [0.15, 0.2) is 6.17 Å². The molecule has 0 radical (unpaired) electrons. The number of Topliss-reactive ketones (excluding diaryl/α,β-unsaturated/α-hetero) is 1. The minimum Gasteiger partial charge on any atom is -0.364 e. The number of rotatable bonds is 2. The van der Waals surface area contributed by atoms with Crippen molar-refractivity contribution in [3.8, 4) is 0 Å². The molecular weight excluding hydrogens is 176 g/mol. The van der Waals surface area contributed by atoms with Crippen molar-refractivity contribution in [1.29, 1.82) is 0 Å². The molecule has 0 aromatic heterocycles. The maximum absolute atomic E-state index is 11.8. The largest absolute Gasteiger partial charge is 0.364 e. The van der Waals surface area contributed by atoms with Crippen LogP contribution in [-0.4, -0.2) is 11.9 Å². The van der Waals surface area contributed by atoms with E-state index in [1.165, 1.54) is 0 Å². The van der Waals surface area contributed by atoms with E-state index in [0.29, 0.717) is 0 Å². The van der Waals surface area contributed by atoms with Crippen LogP contribution in [0.2, 0.25) is 0 Å². The predicted molar refractivity (Wildman–Crippen MR) is 54.7 cm³/mol. The number of aryl methyl sites for hydroxylation is 1. The van der Waals surface area contributed by atoms with Crippen LogP contribution >= 0.6 is 0 Å². The molecule has 72 valence electrons. The molecule has 0 aliphatic carbocycles. The molecule has 1 aromatic rings. The van der Waals surface area contributed by atoms with Crippen molar-refractivity contribution >= 4 is 5.78 Å². The maximum atomic E-state index is 11.8. The zero-order chi connectivity index (χ0) is 9.97. The fourth-order valence-corrected chi connectivity index (χ4v) is 1.37. The highest BCUT2D eigenvalue weighted by atomic mass is 16.1. The molecule has 0 spiro atoms. The van der Waals surface area contributed by atoms with Gasteiger partial charge in [0.25, 0.3) is 0 Å². The highest BCUT2D eigenvalue weighted by molar-refractivity contribution is 6.00. The van der Waals surface area contributed by atoms with Crippen LogP contribution < -0.4 is 10.6 Å². The van der Waals surface area contributed by atoms with Gasteiger partial charge in [-0.25, -0.2) is 0 Å². The first kappa shape index (κ1) is 8.81. The molecule has 0 bridgehead atoms. The molecule has 1 aliphatic rings. The van der Waals surface area contributed by atoms with E-state index in [1.54, 1.807) is 12.4 Å². The molecule has 0 saturated carbocycles. The zero-order valence-corrected chi connectivity index (χ0v) is 7.95. The Hall–Kier alpha value is -1.77. The Morgan fingerprint density at radius 1 is 1.14 bits per heavy atom. The van der Waals surface area contributed by atoms with Gasteiger partial charge < -0.3 is 10.6 Å². The third kappa shape index (κ3) is 1.62. The van der Waals surface area contributed by atoms with Crippen molar-refractivity contribution in [3.05, 3.63) is 47.8 Å². The molecule has 0 unspecified atom stereocenters. The van der Waals surface area contributed by atoms with E-state index in [0.717, 1.165) is 11.1 Å². The smallest absolute Gasteiger partial charge is 0.205 e. The topological polar surface area (TPSA) is 41.1 Å². The van der Waals surface area contributed by atoms with E-state index >= 15 is 0 Å². The number of ketones is 1. The number of carbonyl (C=O) groups is 1. The van der Waals surface area contributed by atoms with Crippen LogP contribution in [0.5, 0.6) is 0 Å². The Bertz CT molecular complexity index is 359. The molecule has 3 heteroatoms. The Kier molecular flexibility index (Phi) is 2.23. The number of benzene rings is 1. The first-order valence-electron chi connectivity index (χ1n) is 4.55. The van der Waals surface area contributed by atoms with E-state index in [4.69, 9.17) is 0 Å². The van der Waals surface area contributed by atoms with Crippen molar-refractivity contribution in [2.45, 2.75) is 13.1 Å². The van der Waals surface area contributed by atoms with Crippen LogP contribution in [0.1, 0.15) is 15.9 Å². The standard InChI is InChI=1S/C11H12N2O/c1-8-2-4-9(5-3-8)10(14)11-12-6-7-13-11/h2-7,11-13H,1H3. The molecule has 14 heavy (non-hydrogen) atoms. The SMILES string of the molecule is Cc1ccc(C(=O)C2NC=CN2)cc1. The summed E-state index contributed by atoms with van der Waals surface area (Å²) in [6, 6.07) is 7.57. The Balaban J connectivity index is 2.14. The van der Waals surface area contributed by atoms with E-state index in [1.807, 2.05) is 31.2 Å². The Morgan fingerprint density at radius 3 is 2.29 bits per heavy atom. The lowest BCUT2D eigenvalue weighted by atomic mass is 10.1. The Morgan fingerprint density at radius 2 is 1.71 bits per heavy atom. The summed E-state index contributed by atoms with van der Waals surface area (Å²) in [5, 5.41) is 5.86. The summed E-state index contributed by atoms with van der Waals surface area (Å²) in [4.78, 5) is 11.8. The van der Waals surface area contributed by atoms with Crippen LogP contribution in [0.25, 0.3) is 0 Å². The summed E-state index contributed by atoms with van der Waals surface area (Å²) in [5.41, 5.74) is 1.89. The Labute approximate surface area is 82.8 Å². The summed E-state index contributed by atoms with van der Waals surface area (Å²) in [7, 11) is 0. The zero-order valence-electron chi connectivity index (χ0n) is 7.95. The van der Waals surface area contributed by atoms with Crippen molar-refractivity contribution in [3.63, 3.8) is 0 Å². The number of hydrogen-bond acceptors (Lipinski definition) is 3. The molecule has 0 fully saturated rings. The number of carbonyl (C=O) groups excluding carboxylic acids is 1. The van der Waals surface area contributed by atoms with Crippen LogP contribution in [0, 0.1) is 6.92 Å². The van der Waals surface area contributed by atoms with Gasteiger partial charge in [0.2, 0.25) is 5.78 Å². The molecular formula is C11H12N2O. The normalized spacial score (nSPS) is 14.9. The summed E-state index contributed by atoms with van der Waals surface area (Å²) < 4.78 is 0. The number of hydrogen-bond donors (Lipinski definition) is 2. The van der Waals surface area contributed by atoms with Crippen molar-refractivity contribution in [2.24, 2.45) is 0 Å². The lowest BCUT2D eigenvalue weighted by molar-refractivity contribution is 0.0944. The average molecular weight is 188 g/mol. The summed E-state index contributed by atoms with van der Waals surface area (Å²) >= 11 is 0. The fourth-order valence-electron chi connectivity index (χ4n) is 1.37. The molecule has 0 amide bonds. The van der Waals surface area contributed by atoms with E-state index < -0.39 is 0 Å². The molecule has 0 saturated heterocycles. The lowest BCUT2D eigenvalue weighted by Gasteiger charge is -2.10. The molecule has 0 atom stereocenters.